The van der Waals surface area contributed by atoms with E-state index in [4.69, 9.17) is 11.6 Å². The Bertz CT molecular complexity index is 1520. The average molecular weight is 571 g/mol. The Balaban J connectivity index is 1.58. The van der Waals surface area contributed by atoms with E-state index in [0.29, 0.717) is 69.2 Å². The van der Waals surface area contributed by atoms with Crippen LogP contribution in [0.15, 0.2) is 42.4 Å². The molecule has 1 atom stereocenters. The zero-order chi connectivity index (χ0) is 28.8. The number of fused-ring (bicyclic) bond motifs is 1. The van der Waals surface area contributed by atoms with E-state index in [9.17, 15) is 18.4 Å². The van der Waals surface area contributed by atoms with Crippen LogP contribution < -0.4 is 21.6 Å². The number of hydrogen-bond donors (Lipinski definition) is 4. The lowest BCUT2D eigenvalue weighted by molar-refractivity contribution is 0.00911. The molecule has 1 saturated carbocycles. The van der Waals surface area contributed by atoms with Crippen molar-refractivity contribution in [3.05, 3.63) is 70.2 Å². The molecular weight excluding hydrogens is 541 g/mol. The van der Waals surface area contributed by atoms with Gasteiger partial charge in [-0.25, -0.2) is 13.8 Å². The summed E-state index contributed by atoms with van der Waals surface area (Å²) in [5.74, 6) is -0.624. The normalized spacial score (nSPS) is 16.9. The van der Waals surface area contributed by atoms with Gasteiger partial charge in [0.2, 0.25) is 5.95 Å². The van der Waals surface area contributed by atoms with E-state index in [1.54, 1.807) is 25.3 Å². The number of nitrogens with zero attached hydrogens (tertiary/aromatic N) is 4. The molecule has 5 rings (SSSR count). The molecule has 0 amide bonds. The maximum absolute atomic E-state index is 13.9. The van der Waals surface area contributed by atoms with Gasteiger partial charge in [-0.3, -0.25) is 9.99 Å². The number of aryl methyl sites for hydroxylation is 1. The number of halogens is 4. The Morgan fingerprint density at radius 1 is 1.25 bits per heavy atom. The van der Waals surface area contributed by atoms with Gasteiger partial charge in [0.25, 0.3) is 6.43 Å². The number of hydrazine groups is 2. The molecule has 0 saturated heterocycles. The average Bonchev–Trinajstić information content (AvgIpc) is 3.56. The summed E-state index contributed by atoms with van der Waals surface area (Å²) in [7, 11) is 0. The molecule has 4 N–H and O–H groups in total. The number of rotatable bonds is 8. The fourth-order valence-corrected chi connectivity index (χ4v) is 4.98. The lowest BCUT2D eigenvalue weighted by Crippen LogP contribution is -2.48. The minimum atomic E-state index is -2.53. The number of nitriles is 1. The molecule has 2 aliphatic rings. The van der Waals surface area contributed by atoms with Gasteiger partial charge in [0, 0.05) is 41.3 Å². The van der Waals surface area contributed by atoms with E-state index in [-0.39, 0.29) is 5.41 Å². The molecule has 3 aromatic rings. The monoisotopic (exact) mass is 570 g/mol. The van der Waals surface area contributed by atoms with Gasteiger partial charge in [0.05, 0.1) is 33.5 Å². The van der Waals surface area contributed by atoms with Crippen LogP contribution in [-0.4, -0.2) is 33.5 Å². The first-order chi connectivity index (χ1) is 18.9. The Kier molecular flexibility index (Phi) is 7.18. The van der Waals surface area contributed by atoms with E-state index >= 15 is 0 Å². The third kappa shape index (κ3) is 5.33. The van der Waals surface area contributed by atoms with Gasteiger partial charge in [-0.1, -0.05) is 38.4 Å². The van der Waals surface area contributed by atoms with E-state index in [2.05, 4.69) is 58.4 Å². The molecular formula is C28H30ClF3N8. The Hall–Kier alpha value is -3.75. The van der Waals surface area contributed by atoms with Crippen LogP contribution in [0, 0.1) is 29.6 Å². The molecule has 0 unspecified atom stereocenters. The van der Waals surface area contributed by atoms with Crippen molar-refractivity contribution >= 4 is 33.9 Å². The zero-order valence-corrected chi connectivity index (χ0v) is 23.3. The number of anilines is 2. The van der Waals surface area contributed by atoms with Crippen LogP contribution in [0.4, 0.5) is 24.5 Å². The number of nitrogens with one attached hydrogen (secondary N) is 4. The second kappa shape index (κ2) is 10.3. The largest absolute Gasteiger partial charge is 0.383 e. The molecule has 1 aliphatic carbocycles. The molecule has 1 aromatic carbocycles. The molecule has 0 bridgehead atoms. The number of hydrogen-bond acceptors (Lipinski definition) is 8. The van der Waals surface area contributed by atoms with Crippen molar-refractivity contribution in [2.45, 2.75) is 58.5 Å². The Morgan fingerprint density at radius 2 is 2.00 bits per heavy atom. The van der Waals surface area contributed by atoms with Crippen LogP contribution in [0.3, 0.4) is 0 Å². The van der Waals surface area contributed by atoms with Crippen molar-refractivity contribution in [3.63, 3.8) is 0 Å². The molecule has 1 aliphatic heterocycles. The van der Waals surface area contributed by atoms with Crippen LogP contribution in [0.2, 0.25) is 5.02 Å². The SMILES string of the molecule is Cc1nc(F)ccc1[C@@H](Nc1cc(Cl)c2ncc(C#N)c(NCC(C)(C)C)c2c1)C1=CN(C2(C(F)F)CC2)NN1. The van der Waals surface area contributed by atoms with Gasteiger partial charge in [-0.2, -0.15) is 9.65 Å². The van der Waals surface area contributed by atoms with Gasteiger partial charge >= 0.3 is 0 Å². The minimum absolute atomic E-state index is 0.0587. The van der Waals surface area contributed by atoms with Crippen molar-refractivity contribution in [2.24, 2.45) is 5.41 Å². The van der Waals surface area contributed by atoms with Gasteiger partial charge in [-0.15, -0.1) is 5.53 Å². The zero-order valence-electron chi connectivity index (χ0n) is 22.5. The van der Waals surface area contributed by atoms with Crippen molar-refractivity contribution in [1.82, 2.24) is 25.9 Å². The summed E-state index contributed by atoms with van der Waals surface area (Å²) < 4.78 is 41.5. The second-order valence-corrected chi connectivity index (χ2v) is 11.8. The molecule has 210 valence electrons. The highest BCUT2D eigenvalue weighted by Gasteiger charge is 2.56. The molecule has 3 heterocycles. The van der Waals surface area contributed by atoms with E-state index in [1.807, 2.05) is 6.07 Å². The molecule has 1 fully saturated rings. The maximum atomic E-state index is 13.9. The van der Waals surface area contributed by atoms with Crippen LogP contribution in [-0.2, 0) is 0 Å². The Labute approximate surface area is 235 Å². The van der Waals surface area contributed by atoms with Gasteiger partial charge in [0.1, 0.15) is 11.6 Å². The maximum Gasteiger partial charge on any atom is 0.262 e. The highest BCUT2D eigenvalue weighted by atomic mass is 35.5. The van der Waals surface area contributed by atoms with E-state index in [1.165, 1.54) is 17.3 Å². The first kappa shape index (κ1) is 27.8. The minimum Gasteiger partial charge on any atom is -0.383 e. The summed E-state index contributed by atoms with van der Waals surface area (Å²) in [6.07, 6.45) is 1.29. The summed E-state index contributed by atoms with van der Waals surface area (Å²) in [6.45, 7) is 8.53. The van der Waals surface area contributed by atoms with Gasteiger partial charge in [-0.05, 0) is 43.4 Å². The summed E-state index contributed by atoms with van der Waals surface area (Å²) in [5.41, 5.74) is 8.23. The summed E-state index contributed by atoms with van der Waals surface area (Å²) in [6, 6.07) is 7.96. The molecule has 12 heteroatoms. The molecule has 8 nitrogen and oxygen atoms in total. The number of pyridine rings is 2. The fourth-order valence-electron chi connectivity index (χ4n) is 4.71. The standard InChI is InChI=1S/C28H30ClF3N8/c1-15-18(5-6-22(30)36-15)25(21-13-40(39-38-21)28(7-8-28)26(31)32)37-17-9-19-23(35-14-27(2,3)4)16(11-33)12-34-24(19)20(29)10-17/h5-6,9-10,12-13,25-26,37-39H,7-8,14H2,1-4H3,(H,34,35)/t25-/m1/s1. The third-order valence-corrected chi connectivity index (χ3v) is 7.39. The van der Waals surface area contributed by atoms with Crippen molar-refractivity contribution < 1.29 is 13.2 Å². The molecule has 40 heavy (non-hydrogen) atoms. The predicted octanol–water partition coefficient (Wildman–Crippen LogP) is 6.18. The first-order valence-corrected chi connectivity index (χ1v) is 13.3. The fraction of sp³-hybridized carbons (Fsp3) is 0.393. The van der Waals surface area contributed by atoms with Crippen molar-refractivity contribution in [1.29, 1.82) is 5.26 Å². The van der Waals surface area contributed by atoms with E-state index < -0.39 is 24.0 Å². The molecule has 0 radical (unpaired) electrons. The highest BCUT2D eigenvalue weighted by molar-refractivity contribution is 6.35. The van der Waals surface area contributed by atoms with Gasteiger partial charge in [0.15, 0.2) is 0 Å². The third-order valence-electron chi connectivity index (χ3n) is 7.10. The second-order valence-electron chi connectivity index (χ2n) is 11.4. The quantitative estimate of drug-likeness (QED) is 0.238. The highest BCUT2D eigenvalue weighted by Crippen LogP contribution is 2.47. The van der Waals surface area contributed by atoms with Crippen LogP contribution >= 0.6 is 11.6 Å². The summed E-state index contributed by atoms with van der Waals surface area (Å²) >= 11 is 6.68. The lowest BCUT2D eigenvalue weighted by atomic mass is 9.96. The lowest BCUT2D eigenvalue weighted by Gasteiger charge is -2.25. The summed E-state index contributed by atoms with van der Waals surface area (Å²) in [5, 5.41) is 19.0. The predicted molar refractivity (Wildman–Crippen MR) is 149 cm³/mol. The van der Waals surface area contributed by atoms with Crippen LogP contribution in [0.25, 0.3) is 10.9 Å². The van der Waals surface area contributed by atoms with Crippen molar-refractivity contribution in [2.75, 3.05) is 17.2 Å². The molecule has 2 aromatic heterocycles. The van der Waals surface area contributed by atoms with Crippen molar-refractivity contribution in [3.8, 4) is 6.07 Å². The number of alkyl halides is 2. The smallest absolute Gasteiger partial charge is 0.262 e. The van der Waals surface area contributed by atoms with Crippen LogP contribution in [0.1, 0.15) is 56.5 Å². The molecule has 0 spiro atoms. The first-order valence-electron chi connectivity index (χ1n) is 12.9. The Morgan fingerprint density at radius 3 is 2.62 bits per heavy atom. The van der Waals surface area contributed by atoms with Gasteiger partial charge < -0.3 is 16.1 Å². The summed E-state index contributed by atoms with van der Waals surface area (Å²) in [4.78, 5) is 8.38. The number of aromatic nitrogens is 2. The topological polar surface area (TPSA) is 101 Å². The van der Waals surface area contributed by atoms with Crippen LogP contribution in [0.5, 0.6) is 0 Å². The van der Waals surface area contributed by atoms with E-state index in [0.717, 1.165) is 0 Å². The number of benzene rings is 1.